The number of benzene rings is 4. The summed E-state index contributed by atoms with van der Waals surface area (Å²) in [5.74, 6) is -0.324. The van der Waals surface area contributed by atoms with Crippen molar-refractivity contribution in [3.05, 3.63) is 103 Å². The number of thioether (sulfide) groups is 1. The molecule has 5 N–H and O–H groups in total. The van der Waals surface area contributed by atoms with E-state index in [9.17, 15) is 14.7 Å². The third-order valence-electron chi connectivity index (χ3n) is 6.13. The van der Waals surface area contributed by atoms with Crippen LogP contribution >= 0.6 is 11.8 Å². The number of amides is 2. The average Bonchev–Trinajstić information content (AvgIpc) is 2.96. The number of nitrogens with one attached hydrogen (secondary N) is 2. The summed E-state index contributed by atoms with van der Waals surface area (Å²) in [5, 5.41) is 17.2. The molecule has 9 heteroatoms. The lowest BCUT2D eigenvalue weighted by molar-refractivity contribution is -0.112. The van der Waals surface area contributed by atoms with Crippen LogP contribution in [0, 0.1) is 0 Å². The lowest BCUT2D eigenvalue weighted by Gasteiger charge is -2.26. The number of ether oxygens (including phenoxy) is 2. The van der Waals surface area contributed by atoms with Gasteiger partial charge in [-0.15, -0.1) is 11.8 Å². The van der Waals surface area contributed by atoms with Crippen molar-refractivity contribution in [1.29, 1.82) is 0 Å². The van der Waals surface area contributed by atoms with Crippen molar-refractivity contribution in [2.45, 2.75) is 24.0 Å². The quantitative estimate of drug-likeness (QED) is 0.0967. The number of phenolic OH excluding ortho intramolecular Hbond substituents is 1. The molecule has 0 aromatic heterocycles. The molecule has 206 valence electrons. The van der Waals surface area contributed by atoms with E-state index in [1.165, 1.54) is 6.08 Å². The highest BCUT2D eigenvalue weighted by Gasteiger charge is 2.28. The zero-order valence-corrected chi connectivity index (χ0v) is 23.0. The highest BCUT2D eigenvalue weighted by molar-refractivity contribution is 7.98. The van der Waals surface area contributed by atoms with Crippen LogP contribution in [-0.2, 0) is 14.3 Å². The molecule has 0 aliphatic heterocycles. The van der Waals surface area contributed by atoms with Crippen LogP contribution in [0.25, 0.3) is 10.8 Å². The Morgan fingerprint density at radius 1 is 0.950 bits per heavy atom. The number of carbonyl (C=O) groups is 2. The van der Waals surface area contributed by atoms with Gasteiger partial charge in [0.25, 0.3) is 0 Å². The number of anilines is 3. The van der Waals surface area contributed by atoms with Crippen LogP contribution in [0.2, 0.25) is 0 Å². The summed E-state index contributed by atoms with van der Waals surface area (Å²) in [6.45, 7) is 2.10. The van der Waals surface area contributed by atoms with E-state index < -0.39 is 24.2 Å². The smallest absolute Gasteiger partial charge is 0.412 e. The van der Waals surface area contributed by atoms with Gasteiger partial charge in [0.2, 0.25) is 5.91 Å². The first-order valence-electron chi connectivity index (χ1n) is 12.7. The maximum atomic E-state index is 13.1. The Hall–Kier alpha value is -4.47. The average molecular weight is 558 g/mol. The van der Waals surface area contributed by atoms with Crippen LogP contribution in [0.3, 0.4) is 0 Å². The van der Waals surface area contributed by atoms with Crippen molar-refractivity contribution >= 4 is 51.6 Å². The first kappa shape index (κ1) is 28.5. The second-order valence-corrected chi connectivity index (χ2v) is 9.63. The van der Waals surface area contributed by atoms with E-state index in [1.54, 1.807) is 72.4 Å². The number of hydrogen-bond donors (Lipinski definition) is 4. The van der Waals surface area contributed by atoms with Gasteiger partial charge >= 0.3 is 6.09 Å². The minimum atomic E-state index is -0.957. The Kier molecular flexibility index (Phi) is 9.66. The van der Waals surface area contributed by atoms with Gasteiger partial charge in [0.15, 0.2) is 6.10 Å². The molecule has 4 aromatic rings. The van der Waals surface area contributed by atoms with Crippen LogP contribution in [0.15, 0.2) is 102 Å². The normalized spacial score (nSPS) is 12.7. The standard InChI is InChI=1S/C31H31N3O5S/c1-3-38-28(18-19-29(36)34-26-11-7-6-10-25(26)32)30(24-16-17-27(35)23-9-5-4-8-22(23)24)39-31(37)33-20-12-14-21(40-2)15-13-20/h4-19,28,30,35H,3,32H2,1-2H3,(H,33,37)(H,34,36)/b19-18+/t28-,30-/m0/s1. The summed E-state index contributed by atoms with van der Waals surface area (Å²) in [4.78, 5) is 26.9. The van der Waals surface area contributed by atoms with Crippen molar-refractivity contribution < 1.29 is 24.2 Å². The fraction of sp³-hybridized carbons (Fsp3) is 0.161. The molecule has 8 nitrogen and oxygen atoms in total. The molecule has 0 saturated carbocycles. The van der Waals surface area contributed by atoms with Crippen molar-refractivity contribution in [1.82, 2.24) is 0 Å². The Morgan fingerprint density at radius 3 is 2.35 bits per heavy atom. The topological polar surface area (TPSA) is 123 Å². The van der Waals surface area contributed by atoms with Gasteiger partial charge in [-0.05, 0) is 67.1 Å². The molecule has 4 aromatic carbocycles. The Balaban J connectivity index is 1.66. The number of nitrogen functional groups attached to an aromatic ring is 1. The fourth-order valence-electron chi connectivity index (χ4n) is 4.20. The largest absolute Gasteiger partial charge is 0.507 e. The number of nitrogens with two attached hydrogens (primary N) is 1. The van der Waals surface area contributed by atoms with Gasteiger partial charge in [0.1, 0.15) is 11.9 Å². The number of para-hydroxylation sites is 2. The Morgan fingerprint density at radius 2 is 1.65 bits per heavy atom. The summed E-state index contributed by atoms with van der Waals surface area (Å²) in [6.07, 6.45) is 2.36. The predicted molar refractivity (Wildman–Crippen MR) is 161 cm³/mol. The van der Waals surface area contributed by atoms with Gasteiger partial charge in [-0.1, -0.05) is 42.5 Å². The zero-order valence-electron chi connectivity index (χ0n) is 22.2. The number of carbonyl (C=O) groups excluding carboxylic acids is 2. The lowest BCUT2D eigenvalue weighted by Crippen LogP contribution is -2.28. The van der Waals surface area contributed by atoms with Gasteiger partial charge in [-0.2, -0.15) is 0 Å². The predicted octanol–water partition coefficient (Wildman–Crippen LogP) is 6.74. The first-order chi connectivity index (χ1) is 19.4. The van der Waals surface area contributed by atoms with E-state index >= 15 is 0 Å². The van der Waals surface area contributed by atoms with Crippen LogP contribution in [0.1, 0.15) is 18.6 Å². The molecule has 0 radical (unpaired) electrons. The van der Waals surface area contributed by atoms with E-state index in [1.807, 2.05) is 43.5 Å². The van der Waals surface area contributed by atoms with Crippen molar-refractivity contribution in [2.75, 3.05) is 29.2 Å². The molecule has 0 fully saturated rings. The molecule has 0 spiro atoms. The van der Waals surface area contributed by atoms with Gasteiger partial charge in [0, 0.05) is 34.2 Å². The monoisotopic (exact) mass is 557 g/mol. The molecule has 2 amide bonds. The maximum Gasteiger partial charge on any atom is 0.412 e. The number of phenols is 1. The molecular weight excluding hydrogens is 526 g/mol. The minimum Gasteiger partial charge on any atom is -0.507 e. The summed E-state index contributed by atoms with van der Waals surface area (Å²) in [5.41, 5.74) is 8.04. The molecule has 0 heterocycles. The van der Waals surface area contributed by atoms with E-state index in [0.29, 0.717) is 33.4 Å². The summed E-state index contributed by atoms with van der Waals surface area (Å²) >= 11 is 1.60. The molecule has 40 heavy (non-hydrogen) atoms. The molecule has 2 atom stereocenters. The molecule has 0 unspecified atom stereocenters. The number of rotatable bonds is 10. The number of fused-ring (bicyclic) bond motifs is 1. The van der Waals surface area contributed by atoms with Crippen molar-refractivity contribution in [3.8, 4) is 5.75 Å². The third-order valence-corrected chi connectivity index (χ3v) is 6.87. The van der Waals surface area contributed by atoms with Crippen molar-refractivity contribution in [2.24, 2.45) is 0 Å². The highest BCUT2D eigenvalue weighted by Crippen LogP contribution is 2.35. The highest BCUT2D eigenvalue weighted by atomic mass is 32.2. The van der Waals surface area contributed by atoms with Crippen LogP contribution in [0.5, 0.6) is 5.75 Å². The number of aromatic hydroxyl groups is 1. The Bertz CT molecular complexity index is 1510. The van der Waals surface area contributed by atoms with Crippen LogP contribution < -0.4 is 16.4 Å². The molecule has 4 rings (SSSR count). The van der Waals surface area contributed by atoms with Gasteiger partial charge in [-0.25, -0.2) is 4.79 Å². The summed E-state index contributed by atoms with van der Waals surface area (Å²) in [7, 11) is 0. The van der Waals surface area contributed by atoms with E-state index in [4.69, 9.17) is 15.2 Å². The molecular formula is C31H31N3O5S. The summed E-state index contributed by atoms with van der Waals surface area (Å²) < 4.78 is 11.9. The molecule has 0 saturated heterocycles. The molecule has 0 bridgehead atoms. The van der Waals surface area contributed by atoms with Gasteiger partial charge < -0.3 is 25.6 Å². The van der Waals surface area contributed by atoms with E-state index in [2.05, 4.69) is 10.6 Å². The zero-order chi connectivity index (χ0) is 28.5. The maximum absolute atomic E-state index is 13.1. The van der Waals surface area contributed by atoms with Gasteiger partial charge in [0.05, 0.1) is 11.4 Å². The Labute approximate surface area is 237 Å². The number of hydrogen-bond acceptors (Lipinski definition) is 7. The second-order valence-electron chi connectivity index (χ2n) is 8.75. The minimum absolute atomic E-state index is 0.0970. The molecule has 0 aliphatic carbocycles. The van der Waals surface area contributed by atoms with E-state index in [0.717, 1.165) is 4.90 Å². The third kappa shape index (κ3) is 7.13. The SMILES string of the molecule is CCO[C@@H](/C=C/C(=O)Nc1ccccc1N)[C@@H](OC(=O)Nc1ccc(SC)cc1)c1ccc(O)c2ccccc12. The summed E-state index contributed by atoms with van der Waals surface area (Å²) in [6, 6.07) is 24.8. The fourth-order valence-corrected chi connectivity index (χ4v) is 4.61. The van der Waals surface area contributed by atoms with Crippen LogP contribution in [0.4, 0.5) is 21.9 Å². The lowest BCUT2D eigenvalue weighted by atomic mass is 9.96. The first-order valence-corrected chi connectivity index (χ1v) is 13.9. The molecule has 0 aliphatic rings. The van der Waals surface area contributed by atoms with Crippen molar-refractivity contribution in [3.63, 3.8) is 0 Å². The second kappa shape index (κ2) is 13.5. The van der Waals surface area contributed by atoms with Crippen LogP contribution in [-0.4, -0.2) is 36.1 Å². The van der Waals surface area contributed by atoms with E-state index in [-0.39, 0.29) is 12.4 Å². The van der Waals surface area contributed by atoms with Gasteiger partial charge in [-0.3, -0.25) is 10.1 Å².